The fraction of sp³-hybridized carbons (Fsp3) is 0.450. The first kappa shape index (κ1) is 20.0. The molecule has 4 rings (SSSR count). The van der Waals surface area contributed by atoms with Crippen LogP contribution in [-0.2, 0) is 20.8 Å². The molecule has 1 fully saturated rings. The maximum atomic E-state index is 12.5. The zero-order valence-electron chi connectivity index (χ0n) is 16.5. The van der Waals surface area contributed by atoms with E-state index >= 15 is 0 Å². The molecular formula is C20H24N4O4S. The Morgan fingerprint density at radius 3 is 3.00 bits per heavy atom. The van der Waals surface area contributed by atoms with Crippen LogP contribution in [0.15, 0.2) is 30.5 Å². The Morgan fingerprint density at radius 1 is 1.38 bits per heavy atom. The summed E-state index contributed by atoms with van der Waals surface area (Å²) in [7, 11) is 1.99. The first-order valence-corrected chi connectivity index (χ1v) is 10.4. The zero-order valence-corrected chi connectivity index (χ0v) is 17.4. The van der Waals surface area contributed by atoms with Gasteiger partial charge in [-0.1, -0.05) is 23.5 Å². The van der Waals surface area contributed by atoms with Crippen LogP contribution < -0.4 is 0 Å². The van der Waals surface area contributed by atoms with Crippen molar-refractivity contribution in [2.45, 2.75) is 19.6 Å². The number of esters is 1. The third kappa shape index (κ3) is 4.48. The third-order valence-electron chi connectivity index (χ3n) is 4.65. The molecule has 0 saturated carbocycles. The van der Waals surface area contributed by atoms with E-state index in [4.69, 9.17) is 14.2 Å². The summed E-state index contributed by atoms with van der Waals surface area (Å²) in [6.45, 7) is 5.12. The smallest absolute Gasteiger partial charge is 0.341 e. The number of thiazole rings is 1. The van der Waals surface area contributed by atoms with Gasteiger partial charge in [0.15, 0.2) is 0 Å². The van der Waals surface area contributed by atoms with Gasteiger partial charge in [0.1, 0.15) is 5.56 Å². The van der Waals surface area contributed by atoms with Crippen LogP contribution in [0.25, 0.3) is 15.3 Å². The van der Waals surface area contributed by atoms with E-state index in [9.17, 15) is 4.79 Å². The molecule has 0 spiro atoms. The molecule has 0 bridgehead atoms. The number of ether oxygens (including phenoxy) is 3. The number of aromatic nitrogens is 3. The Hall–Kier alpha value is -2.33. The number of rotatable bonds is 7. The Kier molecular flexibility index (Phi) is 6.19. The number of nitrogens with zero attached hydrogens (tertiary/aromatic N) is 4. The summed E-state index contributed by atoms with van der Waals surface area (Å²) in [5.74, 6) is -0.375. The summed E-state index contributed by atoms with van der Waals surface area (Å²) in [4.78, 5) is 19.3. The standard InChI is InChI=1S/C20H24N4O4S/c1-3-27-19(25)15-10-21-24(20-22-16-6-4-5-7-18(16)29-20)17(15)12-23(2)11-14-13-26-8-9-28-14/h4-7,10,14H,3,8-9,11-13H2,1-2H3. The van der Waals surface area contributed by atoms with E-state index in [0.29, 0.717) is 45.1 Å². The molecule has 1 aromatic carbocycles. The van der Waals surface area contributed by atoms with Crippen LogP contribution in [0.5, 0.6) is 0 Å². The van der Waals surface area contributed by atoms with Gasteiger partial charge in [-0.05, 0) is 26.1 Å². The molecule has 1 atom stereocenters. The molecule has 0 amide bonds. The predicted octanol–water partition coefficient (Wildman–Crippen LogP) is 2.51. The highest BCUT2D eigenvalue weighted by Gasteiger charge is 2.24. The number of fused-ring (bicyclic) bond motifs is 1. The van der Waals surface area contributed by atoms with Crippen LogP contribution in [-0.4, -0.2) is 71.8 Å². The van der Waals surface area contributed by atoms with Crippen LogP contribution in [0.4, 0.5) is 0 Å². The van der Waals surface area contributed by atoms with Gasteiger partial charge in [-0.3, -0.25) is 4.90 Å². The quantitative estimate of drug-likeness (QED) is 0.548. The molecule has 3 heterocycles. The van der Waals surface area contributed by atoms with Crippen molar-refractivity contribution in [1.29, 1.82) is 0 Å². The van der Waals surface area contributed by atoms with E-state index < -0.39 is 0 Å². The number of para-hydroxylation sites is 1. The summed E-state index contributed by atoms with van der Waals surface area (Å²) < 4.78 is 19.3. The second kappa shape index (κ2) is 9.00. The van der Waals surface area contributed by atoms with E-state index in [2.05, 4.69) is 15.0 Å². The lowest BCUT2D eigenvalue weighted by Gasteiger charge is -2.27. The molecule has 0 radical (unpaired) electrons. The summed E-state index contributed by atoms with van der Waals surface area (Å²) in [5.41, 5.74) is 2.12. The first-order chi connectivity index (χ1) is 14.2. The summed E-state index contributed by atoms with van der Waals surface area (Å²) in [6, 6.07) is 7.94. The number of carbonyl (C=O) groups is 1. The van der Waals surface area contributed by atoms with Gasteiger partial charge in [0.2, 0.25) is 5.13 Å². The van der Waals surface area contributed by atoms with Crippen LogP contribution in [0, 0.1) is 0 Å². The molecule has 1 unspecified atom stereocenters. The van der Waals surface area contributed by atoms with Crippen molar-refractivity contribution in [2.75, 3.05) is 40.0 Å². The van der Waals surface area contributed by atoms with Crippen LogP contribution >= 0.6 is 11.3 Å². The Morgan fingerprint density at radius 2 is 2.24 bits per heavy atom. The van der Waals surface area contributed by atoms with Crippen LogP contribution in [0.2, 0.25) is 0 Å². The lowest BCUT2D eigenvalue weighted by Crippen LogP contribution is -2.38. The lowest BCUT2D eigenvalue weighted by atomic mass is 10.2. The predicted molar refractivity (Wildman–Crippen MR) is 110 cm³/mol. The van der Waals surface area contributed by atoms with Crippen molar-refractivity contribution in [3.05, 3.63) is 41.7 Å². The van der Waals surface area contributed by atoms with Gasteiger partial charge in [0.05, 0.1) is 54.6 Å². The highest BCUT2D eigenvalue weighted by atomic mass is 32.1. The molecule has 29 heavy (non-hydrogen) atoms. The van der Waals surface area contributed by atoms with Crippen molar-refractivity contribution in [1.82, 2.24) is 19.7 Å². The Bertz CT molecular complexity index is 947. The van der Waals surface area contributed by atoms with Crippen molar-refractivity contribution < 1.29 is 19.0 Å². The van der Waals surface area contributed by atoms with E-state index in [0.717, 1.165) is 21.0 Å². The molecule has 9 heteroatoms. The first-order valence-electron chi connectivity index (χ1n) is 9.63. The molecule has 2 aromatic heterocycles. The zero-order chi connectivity index (χ0) is 20.2. The molecule has 8 nitrogen and oxygen atoms in total. The minimum atomic E-state index is -0.375. The van der Waals surface area contributed by atoms with Gasteiger partial charge in [-0.15, -0.1) is 0 Å². The molecule has 3 aromatic rings. The van der Waals surface area contributed by atoms with Crippen molar-refractivity contribution in [3.8, 4) is 5.13 Å². The second-order valence-corrected chi connectivity index (χ2v) is 7.87. The number of hydrogen-bond acceptors (Lipinski definition) is 8. The van der Waals surface area contributed by atoms with Crippen LogP contribution in [0.3, 0.4) is 0 Å². The summed E-state index contributed by atoms with van der Waals surface area (Å²) in [5, 5.41) is 5.19. The maximum absolute atomic E-state index is 12.5. The SMILES string of the molecule is CCOC(=O)c1cnn(-c2nc3ccccc3s2)c1CN(C)CC1COCCO1. The third-order valence-corrected chi connectivity index (χ3v) is 5.66. The summed E-state index contributed by atoms with van der Waals surface area (Å²) >= 11 is 1.54. The molecule has 0 aliphatic carbocycles. The Labute approximate surface area is 173 Å². The van der Waals surface area contributed by atoms with Gasteiger partial charge in [0, 0.05) is 13.1 Å². The fourth-order valence-electron chi connectivity index (χ4n) is 3.33. The highest BCUT2D eigenvalue weighted by Crippen LogP contribution is 2.27. The minimum Gasteiger partial charge on any atom is -0.462 e. The Balaban J connectivity index is 1.63. The van der Waals surface area contributed by atoms with Gasteiger partial charge in [0.25, 0.3) is 0 Å². The maximum Gasteiger partial charge on any atom is 0.341 e. The monoisotopic (exact) mass is 416 g/mol. The van der Waals surface area contributed by atoms with E-state index in [1.54, 1.807) is 17.8 Å². The van der Waals surface area contributed by atoms with Crippen LogP contribution in [0.1, 0.15) is 23.0 Å². The number of likely N-dealkylation sites (N-methyl/N-ethyl adjacent to an activating group) is 1. The molecule has 1 aliphatic heterocycles. The molecule has 1 aliphatic rings. The second-order valence-electron chi connectivity index (χ2n) is 6.87. The number of carbonyl (C=O) groups excluding carboxylic acids is 1. The van der Waals surface area contributed by atoms with E-state index in [-0.39, 0.29) is 12.1 Å². The van der Waals surface area contributed by atoms with E-state index in [1.807, 2.05) is 31.3 Å². The van der Waals surface area contributed by atoms with Crippen molar-refractivity contribution in [2.24, 2.45) is 0 Å². The van der Waals surface area contributed by atoms with Gasteiger partial charge >= 0.3 is 5.97 Å². The minimum absolute atomic E-state index is 0.0126. The van der Waals surface area contributed by atoms with Crippen molar-refractivity contribution in [3.63, 3.8) is 0 Å². The number of hydrogen-bond donors (Lipinski definition) is 0. The van der Waals surface area contributed by atoms with E-state index in [1.165, 1.54) is 11.3 Å². The average molecular weight is 417 g/mol. The lowest BCUT2D eigenvalue weighted by molar-refractivity contribution is -0.0963. The molecule has 154 valence electrons. The van der Waals surface area contributed by atoms with Gasteiger partial charge < -0.3 is 14.2 Å². The van der Waals surface area contributed by atoms with Crippen molar-refractivity contribution >= 4 is 27.5 Å². The molecular weight excluding hydrogens is 392 g/mol. The molecule has 0 N–H and O–H groups in total. The van der Waals surface area contributed by atoms with Gasteiger partial charge in [-0.25, -0.2) is 14.5 Å². The average Bonchev–Trinajstić information content (AvgIpc) is 3.32. The highest BCUT2D eigenvalue weighted by molar-refractivity contribution is 7.20. The summed E-state index contributed by atoms with van der Waals surface area (Å²) in [6.07, 6.45) is 1.58. The van der Waals surface area contributed by atoms with Gasteiger partial charge in [-0.2, -0.15) is 5.10 Å². The topological polar surface area (TPSA) is 78.7 Å². The fourth-order valence-corrected chi connectivity index (χ4v) is 4.28. The number of benzene rings is 1. The normalized spacial score (nSPS) is 17.1. The molecule has 1 saturated heterocycles. The largest absolute Gasteiger partial charge is 0.462 e.